The van der Waals surface area contributed by atoms with Crippen LogP contribution in [0.5, 0.6) is 0 Å². The van der Waals surface area contributed by atoms with Crippen LogP contribution in [0.15, 0.2) is 60.7 Å². The Labute approximate surface area is 160 Å². The third-order valence-electron chi connectivity index (χ3n) is 5.47. The van der Waals surface area contributed by atoms with Gasteiger partial charge in [-0.3, -0.25) is 0 Å². The van der Waals surface area contributed by atoms with Crippen molar-refractivity contribution in [1.82, 2.24) is 20.2 Å². The second-order valence-electron chi connectivity index (χ2n) is 7.12. The van der Waals surface area contributed by atoms with Crippen LogP contribution in [-0.2, 0) is 6.54 Å². The molecule has 6 nitrogen and oxygen atoms in total. The first-order chi connectivity index (χ1) is 13.3. The van der Waals surface area contributed by atoms with Gasteiger partial charge in [0.15, 0.2) is 0 Å². The van der Waals surface area contributed by atoms with Crippen LogP contribution in [0.3, 0.4) is 0 Å². The summed E-state index contributed by atoms with van der Waals surface area (Å²) in [7, 11) is 0. The molecule has 1 aromatic heterocycles. The fourth-order valence-corrected chi connectivity index (χ4v) is 4.02. The molecule has 0 amide bonds. The molecule has 0 saturated carbocycles. The average Bonchev–Trinajstić information content (AvgIpc) is 3.18. The van der Waals surface area contributed by atoms with E-state index in [2.05, 4.69) is 81.9 Å². The van der Waals surface area contributed by atoms with E-state index in [0.29, 0.717) is 6.04 Å². The molecule has 1 N–H and O–H groups in total. The number of anilines is 1. The zero-order valence-corrected chi connectivity index (χ0v) is 15.8. The van der Waals surface area contributed by atoms with Crippen LogP contribution < -0.4 is 9.80 Å². The van der Waals surface area contributed by atoms with Crippen LogP contribution in [-0.4, -0.2) is 46.4 Å². The van der Waals surface area contributed by atoms with Crippen LogP contribution in [0.25, 0.3) is 0 Å². The van der Waals surface area contributed by atoms with Gasteiger partial charge in [0.05, 0.1) is 32.7 Å². The van der Waals surface area contributed by atoms with Crippen LogP contribution >= 0.6 is 0 Å². The van der Waals surface area contributed by atoms with E-state index in [4.69, 9.17) is 0 Å². The summed E-state index contributed by atoms with van der Waals surface area (Å²) in [5.74, 6) is 1.00. The molecular weight excluding hydrogens is 336 g/mol. The van der Waals surface area contributed by atoms with E-state index in [1.807, 2.05) is 10.7 Å². The van der Waals surface area contributed by atoms with Crippen molar-refractivity contribution in [1.29, 1.82) is 0 Å². The highest BCUT2D eigenvalue weighted by Crippen LogP contribution is 2.15. The highest BCUT2D eigenvalue weighted by atomic mass is 15.6. The zero-order chi connectivity index (χ0) is 18.5. The minimum atomic E-state index is 0.335. The number of para-hydroxylation sites is 1. The molecule has 4 rings (SSSR count). The first-order valence-corrected chi connectivity index (χ1v) is 9.79. The minimum Gasteiger partial charge on any atom is -0.360 e. The number of tetrazole rings is 1. The Hall–Kier alpha value is -2.73. The number of piperazine rings is 1. The first-order valence-electron chi connectivity index (χ1n) is 9.79. The van der Waals surface area contributed by atoms with Crippen LogP contribution in [0.4, 0.5) is 5.69 Å². The second-order valence-corrected chi connectivity index (χ2v) is 7.12. The monoisotopic (exact) mass is 363 g/mol. The lowest BCUT2D eigenvalue weighted by Crippen LogP contribution is -3.15. The molecule has 3 aromatic rings. The maximum absolute atomic E-state index is 4.40. The predicted molar refractivity (Wildman–Crippen MR) is 106 cm³/mol. The van der Waals surface area contributed by atoms with Gasteiger partial charge >= 0.3 is 0 Å². The highest BCUT2D eigenvalue weighted by Gasteiger charge is 2.31. The molecule has 1 aliphatic rings. The number of quaternary nitrogens is 1. The van der Waals surface area contributed by atoms with Gasteiger partial charge in [0, 0.05) is 12.1 Å². The molecule has 1 saturated heterocycles. The summed E-state index contributed by atoms with van der Waals surface area (Å²) in [5, 5.41) is 12.7. The number of benzene rings is 2. The first kappa shape index (κ1) is 17.7. The summed E-state index contributed by atoms with van der Waals surface area (Å²) in [4.78, 5) is 4.05. The Bertz CT molecular complexity index is 824. The average molecular weight is 363 g/mol. The quantitative estimate of drug-likeness (QED) is 0.722. The molecule has 2 aromatic carbocycles. The lowest BCUT2D eigenvalue weighted by atomic mass is 10.1. The number of aromatic nitrogens is 4. The number of nitrogens with one attached hydrogen (secondary N) is 1. The van der Waals surface area contributed by atoms with Gasteiger partial charge in [0.2, 0.25) is 5.82 Å². The van der Waals surface area contributed by atoms with E-state index in [0.717, 1.165) is 45.0 Å². The molecule has 0 bridgehead atoms. The summed E-state index contributed by atoms with van der Waals surface area (Å²) in [5.41, 5.74) is 2.54. The van der Waals surface area contributed by atoms with Crippen molar-refractivity contribution in [2.45, 2.75) is 25.9 Å². The Morgan fingerprint density at radius 3 is 2.30 bits per heavy atom. The molecular formula is C21H27N6+. The smallest absolute Gasteiger partial charge is 0.209 e. The van der Waals surface area contributed by atoms with Gasteiger partial charge in [-0.15, -0.1) is 5.10 Å². The highest BCUT2D eigenvalue weighted by molar-refractivity contribution is 5.46. The van der Waals surface area contributed by atoms with E-state index in [1.165, 1.54) is 11.3 Å². The lowest BCUT2D eigenvalue weighted by Gasteiger charge is -2.36. The molecule has 2 heterocycles. The Balaban J connectivity index is 1.45. The molecule has 0 spiro atoms. The normalized spacial score (nSPS) is 16.4. The summed E-state index contributed by atoms with van der Waals surface area (Å²) in [6.45, 7) is 7.30. The van der Waals surface area contributed by atoms with Gasteiger partial charge < -0.3 is 9.80 Å². The van der Waals surface area contributed by atoms with E-state index in [9.17, 15) is 0 Å². The topological polar surface area (TPSA) is 51.3 Å². The largest absolute Gasteiger partial charge is 0.360 e. The van der Waals surface area contributed by atoms with Crippen molar-refractivity contribution in [3.05, 3.63) is 72.1 Å². The summed E-state index contributed by atoms with van der Waals surface area (Å²) in [6, 6.07) is 21.4. The molecule has 27 heavy (non-hydrogen) atoms. The number of hydrogen-bond acceptors (Lipinski definition) is 4. The summed E-state index contributed by atoms with van der Waals surface area (Å²) >= 11 is 0. The van der Waals surface area contributed by atoms with Crippen LogP contribution in [0.2, 0.25) is 0 Å². The third kappa shape index (κ3) is 4.01. The number of nitrogens with zero attached hydrogens (tertiary/aromatic N) is 5. The molecule has 1 atom stereocenters. The molecule has 1 aliphatic heterocycles. The van der Waals surface area contributed by atoms with Crippen molar-refractivity contribution < 1.29 is 4.90 Å². The molecule has 140 valence electrons. The fraction of sp³-hybridized carbons (Fsp3) is 0.381. The van der Waals surface area contributed by atoms with E-state index in [1.54, 1.807) is 4.90 Å². The van der Waals surface area contributed by atoms with Crippen molar-refractivity contribution in [2.75, 3.05) is 31.1 Å². The summed E-state index contributed by atoms with van der Waals surface area (Å²) < 4.78 is 1.97. The van der Waals surface area contributed by atoms with Gasteiger partial charge in [0.1, 0.15) is 6.04 Å². The van der Waals surface area contributed by atoms with Crippen LogP contribution in [0, 0.1) is 0 Å². The molecule has 0 radical (unpaired) electrons. The fourth-order valence-electron chi connectivity index (χ4n) is 4.02. The Kier molecular flexibility index (Phi) is 5.44. The lowest BCUT2D eigenvalue weighted by molar-refractivity contribution is -0.933. The third-order valence-corrected chi connectivity index (χ3v) is 5.47. The van der Waals surface area contributed by atoms with Crippen molar-refractivity contribution in [3.63, 3.8) is 0 Å². The number of hydrogen-bond donors (Lipinski definition) is 1. The van der Waals surface area contributed by atoms with Crippen molar-refractivity contribution in [2.24, 2.45) is 0 Å². The molecule has 0 unspecified atom stereocenters. The van der Waals surface area contributed by atoms with Gasteiger partial charge in [-0.1, -0.05) is 55.5 Å². The Morgan fingerprint density at radius 2 is 1.63 bits per heavy atom. The van der Waals surface area contributed by atoms with Crippen LogP contribution in [0.1, 0.15) is 30.8 Å². The van der Waals surface area contributed by atoms with Gasteiger partial charge in [-0.2, -0.15) is 0 Å². The van der Waals surface area contributed by atoms with Gasteiger partial charge in [-0.25, -0.2) is 4.68 Å². The van der Waals surface area contributed by atoms with Gasteiger partial charge in [-0.05, 0) is 28.1 Å². The minimum absolute atomic E-state index is 0.335. The zero-order valence-electron chi connectivity index (χ0n) is 15.8. The second kappa shape index (κ2) is 8.31. The van der Waals surface area contributed by atoms with E-state index >= 15 is 0 Å². The van der Waals surface area contributed by atoms with E-state index < -0.39 is 0 Å². The van der Waals surface area contributed by atoms with E-state index in [-0.39, 0.29) is 0 Å². The maximum atomic E-state index is 4.40. The SMILES string of the molecule is CC[C@H](c1nnnn1Cc1ccccc1)[NH+]1CCN(c2ccccc2)CC1. The predicted octanol–water partition coefficient (Wildman–Crippen LogP) is 1.58. The number of rotatable bonds is 6. The Morgan fingerprint density at radius 1 is 0.963 bits per heavy atom. The summed E-state index contributed by atoms with van der Waals surface area (Å²) in [6.07, 6.45) is 1.04. The van der Waals surface area contributed by atoms with Crippen molar-refractivity contribution in [3.8, 4) is 0 Å². The molecule has 6 heteroatoms. The standard InChI is InChI=1S/C21H26N6/c1-2-20(21-22-23-24-27(21)17-18-9-5-3-6-10-18)26-15-13-25(14-16-26)19-11-7-4-8-12-19/h3-12,20H,2,13-17H2,1H3/p+1/t20-/m1/s1. The van der Waals surface area contributed by atoms with Gasteiger partial charge in [0.25, 0.3) is 0 Å². The molecule has 1 fully saturated rings. The van der Waals surface area contributed by atoms with Crippen molar-refractivity contribution >= 4 is 5.69 Å². The molecule has 0 aliphatic carbocycles. The maximum Gasteiger partial charge on any atom is 0.209 e.